The third-order valence-electron chi connectivity index (χ3n) is 11.1. The standard InChI is InChI=1S/C42H26N2.C11H8N.Ir/c1-2-15-29(16-3-1)38-25-14-27-40(44-38)42(39-26-12-13-28-43-39)36-23-10-8-21-34(36)41(35-22-9-11-24-37(35)42)32-19-6-4-17-30(32)31-18-5-7-20-33(31)41;1-2-6-10(7-3-1)11-8-4-5-9-12-11;/h1-15,17-23,25-28H;1-6,8-9H;/q-2;-1;+3/t42-;;/m0../s1. The van der Waals surface area contributed by atoms with E-state index in [2.05, 4.69) is 145 Å². The quantitative estimate of drug-likeness (QED) is 0.165. The Morgan fingerprint density at radius 1 is 0.351 bits per heavy atom. The molecule has 9 aromatic rings. The minimum absolute atomic E-state index is 0. The zero-order valence-electron chi connectivity index (χ0n) is 30.8. The molecule has 1 atom stereocenters. The fourth-order valence-corrected chi connectivity index (χ4v) is 8.96. The van der Waals surface area contributed by atoms with Crippen molar-refractivity contribution in [1.82, 2.24) is 15.0 Å². The van der Waals surface area contributed by atoms with E-state index in [-0.39, 0.29) is 20.1 Å². The monoisotopic (exact) mass is 905 g/mol. The molecule has 0 saturated carbocycles. The van der Waals surface area contributed by atoms with Crippen molar-refractivity contribution in [3.63, 3.8) is 0 Å². The molecule has 270 valence electrons. The summed E-state index contributed by atoms with van der Waals surface area (Å²) in [5, 5.41) is 0. The summed E-state index contributed by atoms with van der Waals surface area (Å²) in [6.45, 7) is 0. The molecule has 1 spiro atoms. The van der Waals surface area contributed by atoms with E-state index in [4.69, 9.17) is 9.97 Å². The van der Waals surface area contributed by atoms with Gasteiger partial charge in [0, 0.05) is 23.5 Å². The second-order valence-electron chi connectivity index (χ2n) is 14.0. The van der Waals surface area contributed by atoms with E-state index in [9.17, 15) is 0 Å². The van der Waals surface area contributed by atoms with Crippen LogP contribution in [0.15, 0.2) is 207 Å². The van der Waals surface area contributed by atoms with Gasteiger partial charge in [-0.3, -0.25) is 9.97 Å². The van der Waals surface area contributed by atoms with Crippen molar-refractivity contribution in [2.45, 2.75) is 10.8 Å². The molecular formula is C53H34IrN3. The summed E-state index contributed by atoms with van der Waals surface area (Å²) >= 11 is 0. The summed E-state index contributed by atoms with van der Waals surface area (Å²) < 4.78 is 0. The first kappa shape index (κ1) is 36.1. The Hall–Kier alpha value is -6.58. The summed E-state index contributed by atoms with van der Waals surface area (Å²) in [5.41, 5.74) is 14.2. The van der Waals surface area contributed by atoms with E-state index in [0.29, 0.717) is 0 Å². The van der Waals surface area contributed by atoms with Gasteiger partial charge in [-0.05, 0) is 69.0 Å². The van der Waals surface area contributed by atoms with Gasteiger partial charge in [-0.15, -0.1) is 82.9 Å². The van der Waals surface area contributed by atoms with Crippen molar-refractivity contribution in [3.05, 3.63) is 269 Å². The van der Waals surface area contributed by atoms with Gasteiger partial charge in [0.1, 0.15) is 0 Å². The van der Waals surface area contributed by atoms with Crippen molar-refractivity contribution in [3.8, 4) is 33.6 Å². The third-order valence-corrected chi connectivity index (χ3v) is 11.1. The second kappa shape index (κ2) is 15.2. The Labute approximate surface area is 347 Å². The van der Waals surface area contributed by atoms with Crippen molar-refractivity contribution in [1.29, 1.82) is 0 Å². The van der Waals surface area contributed by atoms with Crippen LogP contribution in [0, 0.1) is 18.2 Å². The number of rotatable bonds is 4. The van der Waals surface area contributed by atoms with Crippen LogP contribution in [-0.4, -0.2) is 15.0 Å². The molecule has 0 radical (unpaired) electrons. The molecule has 2 aliphatic carbocycles. The minimum atomic E-state index is -0.809. The van der Waals surface area contributed by atoms with E-state index in [1.165, 1.54) is 38.9 Å². The molecule has 3 heterocycles. The Morgan fingerprint density at radius 2 is 0.860 bits per heavy atom. The molecular weight excluding hydrogens is 871 g/mol. The topological polar surface area (TPSA) is 38.7 Å². The fourth-order valence-electron chi connectivity index (χ4n) is 8.96. The van der Waals surface area contributed by atoms with Gasteiger partial charge >= 0.3 is 20.1 Å². The van der Waals surface area contributed by atoms with Gasteiger partial charge in [0.2, 0.25) is 0 Å². The summed E-state index contributed by atoms with van der Waals surface area (Å²) in [6, 6.07) is 77.7. The SMILES string of the molecule is [Ir+3].[c-]1ccccc1-c1cccc([C@]2(c3ccccn3)c3[c-]cccc3C3(c4ccccc4-c4ccccc43)c3ccccc32)n1.[c-]1ccccc1-c1ccccn1. The zero-order chi connectivity index (χ0) is 37.4. The maximum atomic E-state index is 5.43. The maximum Gasteiger partial charge on any atom is 3.00 e. The number of benzene rings is 6. The minimum Gasteiger partial charge on any atom is -0.305 e. The van der Waals surface area contributed by atoms with Crippen LogP contribution in [0.3, 0.4) is 0 Å². The van der Waals surface area contributed by atoms with E-state index >= 15 is 0 Å². The summed E-state index contributed by atoms with van der Waals surface area (Å²) in [7, 11) is 0. The molecule has 0 amide bonds. The van der Waals surface area contributed by atoms with Crippen LogP contribution in [0.2, 0.25) is 0 Å². The van der Waals surface area contributed by atoms with Crippen molar-refractivity contribution in [2.75, 3.05) is 0 Å². The molecule has 3 aromatic heterocycles. The molecule has 3 nitrogen and oxygen atoms in total. The number of fused-ring (bicyclic) bond motifs is 9. The van der Waals surface area contributed by atoms with Gasteiger partial charge < -0.3 is 4.98 Å². The van der Waals surface area contributed by atoms with E-state index < -0.39 is 10.8 Å². The van der Waals surface area contributed by atoms with Crippen LogP contribution in [0.5, 0.6) is 0 Å². The Bertz CT molecular complexity index is 2670. The number of hydrogen-bond acceptors (Lipinski definition) is 3. The largest absolute Gasteiger partial charge is 3.00 e. The molecule has 2 aliphatic rings. The molecule has 11 rings (SSSR count). The number of aromatic nitrogens is 3. The van der Waals surface area contributed by atoms with Crippen LogP contribution in [0.1, 0.15) is 44.8 Å². The summed E-state index contributed by atoms with van der Waals surface area (Å²) in [6.07, 6.45) is 3.68. The van der Waals surface area contributed by atoms with Crippen LogP contribution in [0.25, 0.3) is 33.6 Å². The predicted molar refractivity (Wildman–Crippen MR) is 223 cm³/mol. The molecule has 0 unspecified atom stereocenters. The zero-order valence-corrected chi connectivity index (χ0v) is 33.2. The normalized spacial score (nSPS) is 15.1. The van der Waals surface area contributed by atoms with Crippen molar-refractivity contribution >= 4 is 0 Å². The maximum absolute atomic E-state index is 5.43. The van der Waals surface area contributed by atoms with Crippen LogP contribution in [0.4, 0.5) is 0 Å². The van der Waals surface area contributed by atoms with E-state index in [1.807, 2.05) is 79.0 Å². The van der Waals surface area contributed by atoms with Gasteiger partial charge in [-0.2, -0.15) is 24.3 Å². The van der Waals surface area contributed by atoms with Gasteiger partial charge in [0.25, 0.3) is 0 Å². The Morgan fingerprint density at radius 3 is 1.47 bits per heavy atom. The van der Waals surface area contributed by atoms with Crippen LogP contribution in [-0.2, 0) is 30.9 Å². The van der Waals surface area contributed by atoms with Gasteiger partial charge in [0.15, 0.2) is 0 Å². The Kier molecular flexibility index (Phi) is 9.60. The van der Waals surface area contributed by atoms with Crippen LogP contribution < -0.4 is 0 Å². The summed E-state index contributed by atoms with van der Waals surface area (Å²) in [4.78, 5) is 14.7. The van der Waals surface area contributed by atoms with Crippen molar-refractivity contribution < 1.29 is 20.1 Å². The number of hydrogen-bond donors (Lipinski definition) is 0. The second-order valence-corrected chi connectivity index (χ2v) is 14.0. The first-order valence-electron chi connectivity index (χ1n) is 18.9. The molecule has 4 heteroatoms. The molecule has 0 N–H and O–H groups in total. The molecule has 0 fully saturated rings. The van der Waals surface area contributed by atoms with Gasteiger partial charge in [-0.1, -0.05) is 103 Å². The van der Waals surface area contributed by atoms with Gasteiger partial charge in [0.05, 0.1) is 11.1 Å². The van der Waals surface area contributed by atoms with Gasteiger partial charge in [-0.25, -0.2) is 0 Å². The molecule has 6 aromatic carbocycles. The first-order valence-corrected chi connectivity index (χ1v) is 18.9. The first-order chi connectivity index (χ1) is 27.8. The third kappa shape index (κ3) is 5.72. The molecule has 57 heavy (non-hydrogen) atoms. The number of pyridine rings is 3. The smallest absolute Gasteiger partial charge is 0.305 e. The predicted octanol–water partition coefficient (Wildman–Crippen LogP) is 11.3. The molecule has 0 saturated heterocycles. The average Bonchev–Trinajstić information content (AvgIpc) is 3.59. The van der Waals surface area contributed by atoms with E-state index in [0.717, 1.165) is 39.5 Å². The van der Waals surface area contributed by atoms with Crippen molar-refractivity contribution in [2.24, 2.45) is 0 Å². The summed E-state index contributed by atoms with van der Waals surface area (Å²) in [5.74, 6) is 0. The number of nitrogens with zero attached hydrogens (tertiary/aromatic N) is 3. The Balaban J connectivity index is 0.000000279. The average molecular weight is 905 g/mol. The molecule has 0 bridgehead atoms. The fraction of sp³-hybridized carbons (Fsp3) is 0.0377. The van der Waals surface area contributed by atoms with E-state index in [1.54, 1.807) is 6.20 Å². The van der Waals surface area contributed by atoms with Crippen LogP contribution >= 0.6 is 0 Å². The molecule has 0 aliphatic heterocycles.